The van der Waals surface area contributed by atoms with Crippen LogP contribution in [-0.2, 0) is 23.0 Å². The first-order valence-electron chi connectivity index (χ1n) is 14.3. The summed E-state index contributed by atoms with van der Waals surface area (Å²) in [6.45, 7) is 6.30. The number of fused-ring (bicyclic) bond motifs is 1. The molecular formula is C31H36N8O6. The van der Waals surface area contributed by atoms with Gasteiger partial charge in [0.15, 0.2) is 5.75 Å². The molecule has 1 heterocycles. The second-order valence-electron chi connectivity index (χ2n) is 10.6. The molecule has 7 N–H and O–H groups in total. The number of anilines is 2. The van der Waals surface area contributed by atoms with Gasteiger partial charge in [0.1, 0.15) is 36.0 Å². The van der Waals surface area contributed by atoms with Gasteiger partial charge in [0.05, 0.1) is 25.2 Å². The van der Waals surface area contributed by atoms with E-state index in [1.165, 1.54) is 7.11 Å². The smallest absolute Gasteiger partial charge is 0.151 e. The molecule has 1 aliphatic heterocycles. The Morgan fingerprint density at radius 1 is 0.889 bits per heavy atom. The lowest BCUT2D eigenvalue weighted by Crippen LogP contribution is -2.45. The van der Waals surface area contributed by atoms with Crippen LogP contribution < -0.4 is 21.1 Å². The van der Waals surface area contributed by atoms with Crippen molar-refractivity contribution in [1.82, 2.24) is 10.2 Å². The van der Waals surface area contributed by atoms with Crippen LogP contribution in [0.1, 0.15) is 16.7 Å². The van der Waals surface area contributed by atoms with E-state index in [4.69, 9.17) is 21.0 Å². The zero-order valence-corrected chi connectivity index (χ0v) is 25.0. The Labute approximate surface area is 259 Å². The van der Waals surface area contributed by atoms with Crippen molar-refractivity contribution >= 4 is 44.9 Å². The molecule has 1 fully saturated rings. The normalized spacial score (nSPS) is 14.1. The number of phenols is 1. The summed E-state index contributed by atoms with van der Waals surface area (Å²) in [4.78, 5) is 10.8. The predicted molar refractivity (Wildman–Crippen MR) is 170 cm³/mol. The fourth-order valence-electron chi connectivity index (χ4n) is 5.05. The van der Waals surface area contributed by atoms with Crippen molar-refractivity contribution in [3.05, 3.63) is 71.3 Å². The van der Waals surface area contributed by atoms with E-state index in [0.29, 0.717) is 51.7 Å². The summed E-state index contributed by atoms with van der Waals surface area (Å²) in [6.07, 6.45) is 0. The summed E-state index contributed by atoms with van der Waals surface area (Å²) in [7, 11) is 1.48. The fraction of sp³-hybridized carbons (Fsp3) is 0.290. The number of nitrogens with zero attached hydrogens (tertiary/aromatic N) is 5. The van der Waals surface area contributed by atoms with Crippen molar-refractivity contribution < 1.29 is 30.1 Å². The molecule has 14 nitrogen and oxygen atoms in total. The van der Waals surface area contributed by atoms with Crippen LogP contribution >= 0.6 is 0 Å². The van der Waals surface area contributed by atoms with E-state index in [9.17, 15) is 5.11 Å². The lowest BCUT2D eigenvalue weighted by Gasteiger charge is -2.27. The summed E-state index contributed by atoms with van der Waals surface area (Å²) in [5.41, 5.74) is 10.8. The Bertz CT molecular complexity index is 1680. The third kappa shape index (κ3) is 7.88. The van der Waals surface area contributed by atoms with Crippen LogP contribution in [0.25, 0.3) is 10.8 Å². The number of aromatic hydroxyl groups is 1. The van der Waals surface area contributed by atoms with Crippen molar-refractivity contribution in [3.63, 3.8) is 0 Å². The SMILES string of the molecule is COc1cc(N=Nc2cc(COO)cc(COO)c2)c(N)cc1N=Nc1c(C)cc2ccc(NCN3CCNCC3)cc2c1O. The molecule has 0 aromatic heterocycles. The van der Waals surface area contributed by atoms with E-state index in [-0.39, 0.29) is 24.7 Å². The summed E-state index contributed by atoms with van der Waals surface area (Å²) in [5.74, 6) is 0.368. The van der Waals surface area contributed by atoms with Gasteiger partial charge in [-0.25, -0.2) is 9.78 Å². The van der Waals surface area contributed by atoms with Crippen molar-refractivity contribution in [2.24, 2.45) is 20.5 Å². The summed E-state index contributed by atoms with van der Waals surface area (Å²) in [5, 5.41) is 54.5. The van der Waals surface area contributed by atoms with Crippen LogP contribution in [0.3, 0.4) is 0 Å². The van der Waals surface area contributed by atoms with E-state index in [2.05, 4.69) is 45.8 Å². The van der Waals surface area contributed by atoms with Gasteiger partial charge >= 0.3 is 0 Å². The third-order valence-corrected chi connectivity index (χ3v) is 7.35. The standard InChI is InChI=1S/C31H36N8O6/c1-19-9-22-3-4-23(34-18-39-7-5-33-6-8-39)13-25(22)31(40)30(19)38-37-28-14-26(32)27(15-29(28)43-2)36-35-24-11-20(16-44-41)10-21(12-24)17-45-42/h3-4,9-15,33-34,40-42H,5-8,16-18,32H2,1-2H3. The lowest BCUT2D eigenvalue weighted by molar-refractivity contribution is -0.254. The van der Waals surface area contributed by atoms with Crippen LogP contribution in [0.15, 0.2) is 75.1 Å². The van der Waals surface area contributed by atoms with Crippen LogP contribution in [0.4, 0.5) is 34.1 Å². The molecule has 0 radical (unpaired) electrons. The number of phenolic OH excluding ortho intramolecular Hbond substituents is 1. The van der Waals surface area contributed by atoms with E-state index in [1.54, 1.807) is 30.3 Å². The Kier molecular flexibility index (Phi) is 10.5. The minimum absolute atomic E-state index is 0.0247. The summed E-state index contributed by atoms with van der Waals surface area (Å²) in [6, 6.07) is 16.0. The molecule has 1 saturated heterocycles. The number of hydrogen-bond acceptors (Lipinski definition) is 14. The van der Waals surface area contributed by atoms with Crippen molar-refractivity contribution in [2.45, 2.75) is 20.1 Å². The minimum Gasteiger partial charge on any atom is -0.505 e. The van der Waals surface area contributed by atoms with E-state index < -0.39 is 0 Å². The average molecular weight is 617 g/mol. The van der Waals surface area contributed by atoms with Crippen LogP contribution in [0.2, 0.25) is 0 Å². The number of ether oxygens (including phenoxy) is 1. The van der Waals surface area contributed by atoms with Gasteiger partial charge in [0.2, 0.25) is 0 Å². The number of aryl methyl sites for hydroxylation is 1. The first-order chi connectivity index (χ1) is 21.9. The topological polar surface area (TPSA) is 191 Å². The van der Waals surface area contributed by atoms with Crippen molar-refractivity contribution in [1.29, 1.82) is 0 Å². The molecule has 14 heteroatoms. The zero-order valence-electron chi connectivity index (χ0n) is 25.0. The molecule has 45 heavy (non-hydrogen) atoms. The van der Waals surface area contributed by atoms with Gasteiger partial charge in [0, 0.05) is 43.3 Å². The lowest BCUT2D eigenvalue weighted by atomic mass is 10.0. The highest BCUT2D eigenvalue weighted by atomic mass is 17.1. The van der Waals surface area contributed by atoms with Gasteiger partial charge in [-0.3, -0.25) is 15.4 Å². The highest BCUT2D eigenvalue weighted by molar-refractivity contribution is 5.95. The Balaban J connectivity index is 1.38. The number of rotatable bonds is 12. The molecule has 0 aliphatic carbocycles. The number of piperazine rings is 1. The van der Waals surface area contributed by atoms with Crippen molar-refractivity contribution in [3.8, 4) is 11.5 Å². The molecule has 0 bridgehead atoms. The highest BCUT2D eigenvalue weighted by Crippen LogP contribution is 2.42. The van der Waals surface area contributed by atoms with Gasteiger partial charge < -0.3 is 26.2 Å². The Morgan fingerprint density at radius 3 is 2.29 bits per heavy atom. The van der Waals surface area contributed by atoms with Gasteiger partial charge in [-0.05, 0) is 65.4 Å². The zero-order chi connectivity index (χ0) is 31.8. The van der Waals surface area contributed by atoms with Crippen LogP contribution in [-0.4, -0.2) is 60.5 Å². The van der Waals surface area contributed by atoms with Gasteiger partial charge in [-0.1, -0.05) is 12.1 Å². The molecular weight excluding hydrogens is 580 g/mol. The second-order valence-corrected chi connectivity index (χ2v) is 10.6. The van der Waals surface area contributed by atoms with Crippen LogP contribution in [0, 0.1) is 6.92 Å². The Morgan fingerprint density at radius 2 is 1.60 bits per heavy atom. The van der Waals surface area contributed by atoms with Crippen molar-refractivity contribution in [2.75, 3.05) is 51.0 Å². The molecule has 236 valence electrons. The van der Waals surface area contributed by atoms with E-state index in [0.717, 1.165) is 42.8 Å². The molecule has 0 amide bonds. The fourth-order valence-corrected chi connectivity index (χ4v) is 5.05. The minimum atomic E-state index is -0.0847. The molecule has 4 aromatic rings. The maximum absolute atomic E-state index is 11.2. The molecule has 4 aromatic carbocycles. The molecule has 0 atom stereocenters. The highest BCUT2D eigenvalue weighted by Gasteiger charge is 2.14. The number of nitrogens with one attached hydrogen (secondary N) is 2. The quantitative estimate of drug-likeness (QED) is 0.0441. The largest absolute Gasteiger partial charge is 0.505 e. The number of methoxy groups -OCH3 is 1. The third-order valence-electron chi connectivity index (χ3n) is 7.35. The molecule has 0 unspecified atom stereocenters. The molecule has 5 rings (SSSR count). The predicted octanol–water partition coefficient (Wildman–Crippen LogP) is 6.53. The molecule has 1 aliphatic rings. The Hall–Kier alpha value is -4.70. The molecule has 0 saturated carbocycles. The monoisotopic (exact) mass is 616 g/mol. The number of benzene rings is 4. The first kappa shape index (κ1) is 31.7. The van der Waals surface area contributed by atoms with E-state index in [1.807, 2.05) is 31.2 Å². The average Bonchev–Trinajstić information content (AvgIpc) is 3.04. The number of hydrogen-bond donors (Lipinski definition) is 6. The number of nitrogen functional groups attached to an aromatic ring is 1. The maximum atomic E-state index is 11.2. The summed E-state index contributed by atoms with van der Waals surface area (Å²) < 4.78 is 5.53. The van der Waals surface area contributed by atoms with Crippen LogP contribution in [0.5, 0.6) is 11.5 Å². The molecule has 0 spiro atoms. The van der Waals surface area contributed by atoms with Gasteiger partial charge in [-0.2, -0.15) is 5.11 Å². The van der Waals surface area contributed by atoms with E-state index >= 15 is 0 Å². The summed E-state index contributed by atoms with van der Waals surface area (Å²) >= 11 is 0. The van der Waals surface area contributed by atoms with Gasteiger partial charge in [0.25, 0.3) is 0 Å². The first-order valence-corrected chi connectivity index (χ1v) is 14.3. The second kappa shape index (κ2) is 14.9. The van der Waals surface area contributed by atoms with Gasteiger partial charge in [-0.15, -0.1) is 15.3 Å². The maximum Gasteiger partial charge on any atom is 0.151 e. The number of nitrogens with two attached hydrogens (primary N) is 1. The number of azo groups is 2.